The lowest BCUT2D eigenvalue weighted by molar-refractivity contribution is 0.0499. The van der Waals surface area contributed by atoms with Gasteiger partial charge in [-0.1, -0.05) is 18.2 Å². The zero-order chi connectivity index (χ0) is 20.1. The molecule has 1 aliphatic heterocycles. The number of benzene rings is 2. The Kier molecular flexibility index (Phi) is 7.05. The molecule has 2 aromatic carbocycles. The molecule has 2 aromatic rings. The number of methoxy groups -OCH3 is 1. The molecule has 28 heavy (non-hydrogen) atoms. The Morgan fingerprint density at radius 2 is 1.82 bits per heavy atom. The van der Waals surface area contributed by atoms with Gasteiger partial charge < -0.3 is 9.84 Å². The van der Waals surface area contributed by atoms with Gasteiger partial charge in [-0.3, -0.25) is 9.80 Å². The van der Waals surface area contributed by atoms with Gasteiger partial charge in [-0.15, -0.1) is 0 Å². The summed E-state index contributed by atoms with van der Waals surface area (Å²) in [7, 11) is 1.71. The van der Waals surface area contributed by atoms with E-state index in [1.807, 2.05) is 12.1 Å². The molecule has 0 aliphatic carbocycles. The summed E-state index contributed by atoms with van der Waals surface area (Å²) in [5.41, 5.74) is 4.84. The monoisotopic (exact) mass is 386 g/mol. The summed E-state index contributed by atoms with van der Waals surface area (Å²) in [4.78, 5) is 4.88. The van der Waals surface area contributed by atoms with Crippen molar-refractivity contribution in [1.29, 1.82) is 0 Å². The van der Waals surface area contributed by atoms with Crippen molar-refractivity contribution < 1.29 is 14.2 Å². The molecule has 0 spiro atoms. The van der Waals surface area contributed by atoms with Crippen molar-refractivity contribution in [2.24, 2.45) is 0 Å². The summed E-state index contributed by atoms with van der Waals surface area (Å²) >= 11 is 0. The van der Waals surface area contributed by atoms with Crippen LogP contribution in [0, 0.1) is 19.7 Å². The normalized spacial score (nSPS) is 18.4. The zero-order valence-electron chi connectivity index (χ0n) is 17.1. The predicted octanol–water partition coefficient (Wildman–Crippen LogP) is 3.52. The van der Waals surface area contributed by atoms with Crippen molar-refractivity contribution >= 4 is 0 Å². The topological polar surface area (TPSA) is 35.9 Å². The number of hydrogen-bond acceptors (Lipinski definition) is 4. The molecule has 1 N–H and O–H groups in total. The quantitative estimate of drug-likeness (QED) is 0.790. The molecule has 4 nitrogen and oxygen atoms in total. The van der Waals surface area contributed by atoms with Gasteiger partial charge in [0.15, 0.2) is 0 Å². The number of aryl methyl sites for hydroxylation is 2. The van der Waals surface area contributed by atoms with Gasteiger partial charge in [0.05, 0.1) is 7.11 Å². The zero-order valence-corrected chi connectivity index (χ0v) is 17.1. The van der Waals surface area contributed by atoms with Gasteiger partial charge in [0.2, 0.25) is 0 Å². The highest BCUT2D eigenvalue weighted by Gasteiger charge is 2.27. The average molecular weight is 387 g/mol. The molecule has 0 bridgehead atoms. The molecule has 0 saturated carbocycles. The SMILES string of the molecule is COc1cc(C)c(CN2CCN(Cc3ccc(F)cc3)C(CCO)C2)cc1C. The molecule has 1 fully saturated rings. The van der Waals surface area contributed by atoms with E-state index in [9.17, 15) is 9.50 Å². The Labute approximate surface area is 167 Å². The largest absolute Gasteiger partial charge is 0.496 e. The van der Waals surface area contributed by atoms with Crippen molar-refractivity contribution in [3.8, 4) is 5.75 Å². The van der Waals surface area contributed by atoms with Gasteiger partial charge in [0.1, 0.15) is 11.6 Å². The van der Waals surface area contributed by atoms with E-state index >= 15 is 0 Å². The second-order valence-electron chi connectivity index (χ2n) is 7.75. The van der Waals surface area contributed by atoms with Crippen molar-refractivity contribution in [1.82, 2.24) is 9.80 Å². The molecule has 0 amide bonds. The molecule has 152 valence electrons. The third-order valence-electron chi connectivity index (χ3n) is 5.70. The Morgan fingerprint density at radius 3 is 2.50 bits per heavy atom. The second-order valence-corrected chi connectivity index (χ2v) is 7.75. The van der Waals surface area contributed by atoms with Crippen molar-refractivity contribution in [2.45, 2.75) is 39.4 Å². The highest BCUT2D eigenvalue weighted by atomic mass is 19.1. The highest BCUT2D eigenvalue weighted by molar-refractivity contribution is 5.41. The first-order chi connectivity index (χ1) is 13.5. The number of aliphatic hydroxyl groups excluding tert-OH is 1. The van der Waals surface area contributed by atoms with E-state index in [-0.39, 0.29) is 12.4 Å². The standard InChI is InChI=1S/C23H31FN2O2/c1-17-13-23(28-3)18(2)12-20(17)15-25-9-10-26(22(16-25)8-11-27)14-19-4-6-21(24)7-5-19/h4-7,12-13,22,27H,8-11,14-16H2,1-3H3. The van der Waals surface area contributed by atoms with E-state index in [4.69, 9.17) is 4.74 Å². The average Bonchev–Trinajstić information content (AvgIpc) is 2.68. The summed E-state index contributed by atoms with van der Waals surface area (Å²) in [5, 5.41) is 9.54. The maximum Gasteiger partial charge on any atom is 0.123 e. The Balaban J connectivity index is 1.66. The third-order valence-corrected chi connectivity index (χ3v) is 5.70. The van der Waals surface area contributed by atoms with E-state index in [1.54, 1.807) is 7.11 Å². The minimum absolute atomic E-state index is 0.180. The lowest BCUT2D eigenvalue weighted by atomic mass is 10.0. The fraction of sp³-hybridized carbons (Fsp3) is 0.478. The maximum absolute atomic E-state index is 13.2. The van der Waals surface area contributed by atoms with Crippen LogP contribution < -0.4 is 4.74 Å². The molecule has 1 heterocycles. The van der Waals surface area contributed by atoms with E-state index < -0.39 is 0 Å². The number of hydrogen-bond donors (Lipinski definition) is 1. The van der Waals surface area contributed by atoms with Crippen LogP contribution in [0.3, 0.4) is 0 Å². The molecule has 1 atom stereocenters. The van der Waals surface area contributed by atoms with E-state index in [0.29, 0.717) is 6.04 Å². The highest BCUT2D eigenvalue weighted by Crippen LogP contribution is 2.25. The molecule has 1 unspecified atom stereocenters. The summed E-state index contributed by atoms with van der Waals surface area (Å²) in [5.74, 6) is 0.731. The number of nitrogens with zero attached hydrogens (tertiary/aromatic N) is 2. The summed E-state index contributed by atoms with van der Waals surface area (Å²) in [6.07, 6.45) is 0.748. The second kappa shape index (κ2) is 9.50. The van der Waals surface area contributed by atoms with Crippen LogP contribution in [0.25, 0.3) is 0 Å². The van der Waals surface area contributed by atoms with Crippen LogP contribution in [0.1, 0.15) is 28.7 Å². The van der Waals surface area contributed by atoms with Crippen LogP contribution in [0.2, 0.25) is 0 Å². The van der Waals surface area contributed by atoms with Crippen molar-refractivity contribution in [3.05, 3.63) is 64.5 Å². The van der Waals surface area contributed by atoms with Gasteiger partial charge in [-0.2, -0.15) is 0 Å². The number of ether oxygens (including phenoxy) is 1. The summed E-state index contributed by atoms with van der Waals surface area (Å²) in [6, 6.07) is 11.4. The molecule has 1 aliphatic rings. The molecule has 5 heteroatoms. The predicted molar refractivity (Wildman–Crippen MR) is 110 cm³/mol. The number of aliphatic hydroxyl groups is 1. The minimum atomic E-state index is -0.203. The van der Waals surface area contributed by atoms with E-state index in [2.05, 4.69) is 35.8 Å². The molecule has 3 rings (SSSR count). The summed E-state index contributed by atoms with van der Waals surface area (Å²) < 4.78 is 18.6. The lowest BCUT2D eigenvalue weighted by Gasteiger charge is -2.41. The van der Waals surface area contributed by atoms with E-state index in [0.717, 1.165) is 56.0 Å². The molecular formula is C23H31FN2O2. The van der Waals surface area contributed by atoms with Crippen LogP contribution in [0.5, 0.6) is 5.75 Å². The minimum Gasteiger partial charge on any atom is -0.496 e. The first-order valence-electron chi connectivity index (χ1n) is 9.96. The van der Waals surface area contributed by atoms with Crippen LogP contribution in [-0.2, 0) is 13.1 Å². The van der Waals surface area contributed by atoms with Crippen LogP contribution >= 0.6 is 0 Å². The van der Waals surface area contributed by atoms with Crippen molar-refractivity contribution in [2.75, 3.05) is 33.4 Å². The molecule has 1 saturated heterocycles. The van der Waals surface area contributed by atoms with Gasteiger partial charge in [-0.05, 0) is 60.7 Å². The summed E-state index contributed by atoms with van der Waals surface area (Å²) in [6.45, 7) is 8.93. The number of halogens is 1. The molecular weight excluding hydrogens is 355 g/mol. The maximum atomic E-state index is 13.2. The first-order valence-corrected chi connectivity index (χ1v) is 9.96. The Morgan fingerprint density at radius 1 is 1.07 bits per heavy atom. The van der Waals surface area contributed by atoms with Gasteiger partial charge in [0.25, 0.3) is 0 Å². The molecule has 0 aromatic heterocycles. The van der Waals surface area contributed by atoms with Gasteiger partial charge >= 0.3 is 0 Å². The Bertz CT molecular complexity index is 779. The smallest absolute Gasteiger partial charge is 0.123 e. The van der Waals surface area contributed by atoms with Crippen LogP contribution in [-0.4, -0.2) is 54.3 Å². The van der Waals surface area contributed by atoms with E-state index in [1.165, 1.54) is 23.3 Å². The fourth-order valence-corrected chi connectivity index (χ4v) is 4.04. The Hall–Kier alpha value is -1.95. The number of piperazine rings is 1. The lowest BCUT2D eigenvalue weighted by Crippen LogP contribution is -2.52. The number of rotatable bonds is 7. The first kappa shape index (κ1) is 20.8. The van der Waals surface area contributed by atoms with Gasteiger partial charge in [-0.25, -0.2) is 4.39 Å². The fourth-order valence-electron chi connectivity index (χ4n) is 4.04. The van der Waals surface area contributed by atoms with Crippen LogP contribution in [0.15, 0.2) is 36.4 Å². The molecule has 0 radical (unpaired) electrons. The van der Waals surface area contributed by atoms with Crippen LogP contribution in [0.4, 0.5) is 4.39 Å². The van der Waals surface area contributed by atoms with Gasteiger partial charge in [0, 0.05) is 45.4 Å². The third kappa shape index (κ3) is 5.10. The van der Waals surface area contributed by atoms with Crippen molar-refractivity contribution in [3.63, 3.8) is 0 Å².